The van der Waals surface area contributed by atoms with Gasteiger partial charge in [-0.25, -0.2) is 4.39 Å². The minimum atomic E-state index is -0.209. The Morgan fingerprint density at radius 3 is 2.75 bits per heavy atom. The van der Waals surface area contributed by atoms with Crippen molar-refractivity contribution in [2.45, 2.75) is 26.4 Å². The van der Waals surface area contributed by atoms with Crippen molar-refractivity contribution in [2.75, 3.05) is 13.1 Å². The molecule has 1 rings (SSSR count). The molecule has 0 aromatic heterocycles. The van der Waals surface area contributed by atoms with Crippen LogP contribution in [0, 0.1) is 5.82 Å². The highest BCUT2D eigenvalue weighted by Crippen LogP contribution is 2.19. The Hall–Kier alpha value is -0.450. The largest absolute Gasteiger partial charge is 0.313 e. The van der Waals surface area contributed by atoms with Crippen molar-refractivity contribution >= 4 is 15.9 Å². The second-order valence-electron chi connectivity index (χ2n) is 4.00. The van der Waals surface area contributed by atoms with Gasteiger partial charge in [0.2, 0.25) is 0 Å². The molecule has 2 nitrogen and oxygen atoms in total. The molecule has 1 aromatic carbocycles. The van der Waals surface area contributed by atoms with E-state index in [1.807, 2.05) is 6.07 Å². The van der Waals surface area contributed by atoms with Gasteiger partial charge in [0, 0.05) is 25.7 Å². The molecule has 0 unspecified atom stereocenters. The van der Waals surface area contributed by atoms with Crippen molar-refractivity contribution in [3.63, 3.8) is 0 Å². The predicted octanol–water partition coefficient (Wildman–Crippen LogP) is 2.68. The lowest BCUT2D eigenvalue weighted by Gasteiger charge is -2.10. The van der Waals surface area contributed by atoms with Crippen LogP contribution in [0.2, 0.25) is 0 Å². The van der Waals surface area contributed by atoms with Gasteiger partial charge in [0.05, 0.1) is 4.47 Å². The number of hydrogen-bond acceptors (Lipinski definition) is 2. The fraction of sp³-hybridized carbons (Fsp3) is 0.500. The van der Waals surface area contributed by atoms with Gasteiger partial charge in [-0.15, -0.1) is 0 Å². The topological polar surface area (TPSA) is 24.1 Å². The van der Waals surface area contributed by atoms with E-state index in [9.17, 15) is 4.39 Å². The second kappa shape index (κ2) is 6.99. The van der Waals surface area contributed by atoms with Gasteiger partial charge < -0.3 is 10.6 Å². The Morgan fingerprint density at radius 2 is 2.06 bits per heavy atom. The maximum absolute atomic E-state index is 13.2. The van der Waals surface area contributed by atoms with Crippen molar-refractivity contribution < 1.29 is 4.39 Å². The molecule has 0 aliphatic rings. The zero-order chi connectivity index (χ0) is 12.0. The van der Waals surface area contributed by atoms with Gasteiger partial charge in [0.1, 0.15) is 5.82 Å². The van der Waals surface area contributed by atoms with Crippen LogP contribution < -0.4 is 10.6 Å². The first-order valence-corrected chi connectivity index (χ1v) is 6.27. The van der Waals surface area contributed by atoms with Gasteiger partial charge in [-0.3, -0.25) is 0 Å². The lowest BCUT2D eigenvalue weighted by Crippen LogP contribution is -2.31. The van der Waals surface area contributed by atoms with Crippen LogP contribution in [0.3, 0.4) is 0 Å². The van der Waals surface area contributed by atoms with Gasteiger partial charge in [0.25, 0.3) is 0 Å². The number of halogens is 2. The third-order valence-electron chi connectivity index (χ3n) is 2.20. The maximum atomic E-state index is 13.2. The van der Waals surface area contributed by atoms with Crippen LogP contribution in [-0.4, -0.2) is 19.1 Å². The SMILES string of the molecule is CC(C)NCCNCc1cccc(F)c1Br. The molecule has 0 fully saturated rings. The molecule has 2 N–H and O–H groups in total. The van der Waals surface area contributed by atoms with Gasteiger partial charge in [-0.2, -0.15) is 0 Å². The summed E-state index contributed by atoms with van der Waals surface area (Å²) in [6, 6.07) is 5.59. The average Bonchev–Trinajstić information content (AvgIpc) is 2.23. The molecule has 0 saturated heterocycles. The fourth-order valence-electron chi connectivity index (χ4n) is 1.36. The molecule has 0 bridgehead atoms. The molecule has 0 heterocycles. The van der Waals surface area contributed by atoms with E-state index in [0.29, 0.717) is 17.1 Å². The van der Waals surface area contributed by atoms with Crippen molar-refractivity contribution in [3.05, 3.63) is 34.1 Å². The number of rotatable bonds is 6. The van der Waals surface area contributed by atoms with E-state index in [0.717, 1.165) is 18.7 Å². The van der Waals surface area contributed by atoms with Crippen LogP contribution in [0.25, 0.3) is 0 Å². The zero-order valence-corrected chi connectivity index (χ0v) is 11.3. The maximum Gasteiger partial charge on any atom is 0.137 e. The van der Waals surface area contributed by atoms with Gasteiger partial charge in [-0.05, 0) is 27.6 Å². The van der Waals surface area contributed by atoms with Crippen molar-refractivity contribution in [1.82, 2.24) is 10.6 Å². The molecule has 1 aromatic rings. The van der Waals surface area contributed by atoms with Crippen LogP contribution >= 0.6 is 15.9 Å². The summed E-state index contributed by atoms with van der Waals surface area (Å²) in [6.45, 7) is 6.70. The first-order valence-electron chi connectivity index (χ1n) is 5.48. The lowest BCUT2D eigenvalue weighted by atomic mass is 10.2. The highest BCUT2D eigenvalue weighted by molar-refractivity contribution is 9.10. The highest BCUT2D eigenvalue weighted by atomic mass is 79.9. The normalized spacial score (nSPS) is 11.1. The van der Waals surface area contributed by atoms with Crippen LogP contribution in [0.1, 0.15) is 19.4 Å². The first-order chi connectivity index (χ1) is 7.61. The molecule has 0 aliphatic carbocycles. The fourth-order valence-corrected chi connectivity index (χ4v) is 1.76. The van der Waals surface area contributed by atoms with Crippen LogP contribution in [0.4, 0.5) is 4.39 Å². The summed E-state index contributed by atoms with van der Waals surface area (Å²) in [5.74, 6) is -0.209. The van der Waals surface area contributed by atoms with Crippen molar-refractivity contribution in [3.8, 4) is 0 Å². The minimum Gasteiger partial charge on any atom is -0.313 e. The Balaban J connectivity index is 2.29. The second-order valence-corrected chi connectivity index (χ2v) is 4.79. The zero-order valence-electron chi connectivity index (χ0n) is 9.69. The molecule has 0 amide bonds. The monoisotopic (exact) mass is 288 g/mol. The molecule has 0 radical (unpaired) electrons. The standard InChI is InChI=1S/C12H18BrFN2/c1-9(2)16-7-6-15-8-10-4-3-5-11(14)12(10)13/h3-5,9,15-16H,6-8H2,1-2H3. The third-order valence-corrected chi connectivity index (χ3v) is 3.09. The van der Waals surface area contributed by atoms with E-state index in [4.69, 9.17) is 0 Å². The summed E-state index contributed by atoms with van der Waals surface area (Å²) in [7, 11) is 0. The lowest BCUT2D eigenvalue weighted by molar-refractivity contribution is 0.553. The van der Waals surface area contributed by atoms with Gasteiger partial charge >= 0.3 is 0 Å². The number of hydrogen-bond donors (Lipinski definition) is 2. The molecular formula is C12H18BrFN2. The Morgan fingerprint density at radius 1 is 1.31 bits per heavy atom. The Bertz CT molecular complexity index is 329. The number of nitrogens with one attached hydrogen (secondary N) is 2. The summed E-state index contributed by atoms with van der Waals surface area (Å²) in [4.78, 5) is 0. The Labute approximate surface area is 105 Å². The molecular weight excluding hydrogens is 271 g/mol. The van der Waals surface area contributed by atoms with E-state index in [1.54, 1.807) is 6.07 Å². The third kappa shape index (κ3) is 4.60. The summed E-state index contributed by atoms with van der Waals surface area (Å²) in [5.41, 5.74) is 0.949. The van der Waals surface area contributed by atoms with Crippen LogP contribution in [0.15, 0.2) is 22.7 Å². The molecule has 0 spiro atoms. The summed E-state index contributed by atoms with van der Waals surface area (Å²) >= 11 is 3.24. The van der Waals surface area contributed by atoms with E-state index in [1.165, 1.54) is 6.07 Å². The quantitative estimate of drug-likeness (QED) is 0.787. The van der Waals surface area contributed by atoms with Gasteiger partial charge in [-0.1, -0.05) is 26.0 Å². The highest BCUT2D eigenvalue weighted by Gasteiger charge is 2.03. The van der Waals surface area contributed by atoms with E-state index < -0.39 is 0 Å². The molecule has 90 valence electrons. The molecule has 0 saturated carbocycles. The van der Waals surface area contributed by atoms with Crippen molar-refractivity contribution in [2.24, 2.45) is 0 Å². The summed E-state index contributed by atoms with van der Waals surface area (Å²) in [6.07, 6.45) is 0. The predicted molar refractivity (Wildman–Crippen MR) is 68.9 cm³/mol. The molecule has 0 atom stereocenters. The summed E-state index contributed by atoms with van der Waals surface area (Å²) < 4.78 is 13.7. The smallest absolute Gasteiger partial charge is 0.137 e. The minimum absolute atomic E-state index is 0.209. The van der Waals surface area contributed by atoms with E-state index in [2.05, 4.69) is 40.4 Å². The molecule has 0 aliphatic heterocycles. The molecule has 4 heteroatoms. The van der Waals surface area contributed by atoms with E-state index in [-0.39, 0.29) is 5.82 Å². The van der Waals surface area contributed by atoms with Crippen molar-refractivity contribution in [1.29, 1.82) is 0 Å². The van der Waals surface area contributed by atoms with Crippen LogP contribution in [-0.2, 0) is 6.54 Å². The van der Waals surface area contributed by atoms with Gasteiger partial charge in [0.15, 0.2) is 0 Å². The summed E-state index contributed by atoms with van der Waals surface area (Å²) in [5, 5.41) is 6.58. The molecule has 16 heavy (non-hydrogen) atoms. The van der Waals surface area contributed by atoms with E-state index >= 15 is 0 Å². The van der Waals surface area contributed by atoms with Crippen LogP contribution in [0.5, 0.6) is 0 Å². The Kier molecular flexibility index (Phi) is 5.95. The average molecular weight is 289 g/mol. The first kappa shape index (κ1) is 13.6. The number of benzene rings is 1.